The third-order valence-electron chi connectivity index (χ3n) is 3.16. The summed E-state index contributed by atoms with van der Waals surface area (Å²) in [7, 11) is -3.70. The highest BCUT2D eigenvalue weighted by Crippen LogP contribution is 2.19. The summed E-state index contributed by atoms with van der Waals surface area (Å²) in [5, 5.41) is 8.94. The van der Waals surface area contributed by atoms with Crippen molar-refractivity contribution in [3.63, 3.8) is 0 Å². The number of carbonyl (C=O) groups excluding carboxylic acids is 1. The van der Waals surface area contributed by atoms with E-state index in [0.29, 0.717) is 25.7 Å². The predicted molar refractivity (Wildman–Crippen MR) is 68.7 cm³/mol. The first-order valence-electron chi connectivity index (χ1n) is 6.06. The molecule has 0 atom stereocenters. The van der Waals surface area contributed by atoms with Crippen LogP contribution in [0.15, 0.2) is 29.2 Å². The van der Waals surface area contributed by atoms with Crippen LogP contribution >= 0.6 is 0 Å². The van der Waals surface area contributed by atoms with E-state index in [1.165, 1.54) is 12.1 Å². The number of nitrogens with one attached hydrogen (secondary N) is 1. The number of benzene rings is 1. The van der Waals surface area contributed by atoms with E-state index in [9.17, 15) is 13.2 Å². The van der Waals surface area contributed by atoms with E-state index in [4.69, 9.17) is 5.26 Å². The van der Waals surface area contributed by atoms with Gasteiger partial charge < -0.3 is 0 Å². The Labute approximate surface area is 112 Å². The standard InChI is InChI=1S/C13H14N2O3S/c14-9-10-3-1-2-4-13(10)19(17,18)15-11-5-7-12(16)8-6-11/h1-4,11,15H,5-8H2. The Balaban J connectivity index is 2.19. The molecule has 0 spiro atoms. The summed E-state index contributed by atoms with van der Waals surface area (Å²) in [5.74, 6) is 0.174. The van der Waals surface area contributed by atoms with Crippen molar-refractivity contribution in [1.29, 1.82) is 5.26 Å². The monoisotopic (exact) mass is 278 g/mol. The normalized spacial score (nSPS) is 17.1. The molecule has 0 saturated heterocycles. The molecule has 0 heterocycles. The van der Waals surface area contributed by atoms with E-state index in [-0.39, 0.29) is 22.3 Å². The molecule has 6 heteroatoms. The first kappa shape index (κ1) is 13.7. The van der Waals surface area contributed by atoms with Gasteiger partial charge in [0, 0.05) is 18.9 Å². The summed E-state index contributed by atoms with van der Waals surface area (Å²) in [5.41, 5.74) is 0.127. The lowest BCUT2D eigenvalue weighted by Gasteiger charge is -2.22. The third-order valence-corrected chi connectivity index (χ3v) is 4.74. The molecule has 0 aromatic heterocycles. The molecule has 0 aliphatic heterocycles. The first-order valence-corrected chi connectivity index (χ1v) is 7.54. The molecule has 1 aliphatic carbocycles. The maximum absolute atomic E-state index is 12.2. The zero-order valence-corrected chi connectivity index (χ0v) is 11.1. The fourth-order valence-corrected chi connectivity index (χ4v) is 3.60. The van der Waals surface area contributed by atoms with Crippen LogP contribution in [0.3, 0.4) is 0 Å². The van der Waals surface area contributed by atoms with Gasteiger partial charge in [-0.3, -0.25) is 4.79 Å². The Morgan fingerprint density at radius 2 is 1.84 bits per heavy atom. The highest BCUT2D eigenvalue weighted by Gasteiger charge is 2.25. The minimum Gasteiger partial charge on any atom is -0.300 e. The molecule has 1 N–H and O–H groups in total. The van der Waals surface area contributed by atoms with E-state index in [0.717, 1.165) is 0 Å². The van der Waals surface area contributed by atoms with Crippen molar-refractivity contribution in [3.05, 3.63) is 29.8 Å². The number of nitrogens with zero attached hydrogens (tertiary/aromatic N) is 1. The lowest BCUT2D eigenvalue weighted by molar-refractivity contribution is -0.120. The lowest BCUT2D eigenvalue weighted by Crippen LogP contribution is -2.37. The fraction of sp³-hybridized carbons (Fsp3) is 0.385. The van der Waals surface area contributed by atoms with Crippen LogP contribution in [-0.2, 0) is 14.8 Å². The van der Waals surface area contributed by atoms with E-state index < -0.39 is 10.0 Å². The van der Waals surface area contributed by atoms with Gasteiger partial charge in [-0.1, -0.05) is 12.1 Å². The fourth-order valence-electron chi connectivity index (χ4n) is 2.13. The second-order valence-corrected chi connectivity index (χ2v) is 6.22. The van der Waals surface area contributed by atoms with Crippen molar-refractivity contribution in [2.75, 3.05) is 0 Å². The molecular formula is C13H14N2O3S. The van der Waals surface area contributed by atoms with Crippen LogP contribution in [0.1, 0.15) is 31.2 Å². The zero-order valence-electron chi connectivity index (χ0n) is 10.3. The number of nitriles is 1. The van der Waals surface area contributed by atoms with Crippen LogP contribution in [0.4, 0.5) is 0 Å². The summed E-state index contributed by atoms with van der Waals surface area (Å²) in [6.07, 6.45) is 1.86. The molecule has 2 rings (SSSR count). The molecule has 0 amide bonds. The van der Waals surface area contributed by atoms with Crippen molar-refractivity contribution >= 4 is 15.8 Å². The van der Waals surface area contributed by atoms with E-state index >= 15 is 0 Å². The number of rotatable bonds is 3. The topological polar surface area (TPSA) is 87.0 Å². The van der Waals surface area contributed by atoms with Gasteiger partial charge in [-0.2, -0.15) is 5.26 Å². The minimum absolute atomic E-state index is 0.00519. The summed E-state index contributed by atoms with van der Waals surface area (Å²) in [6.45, 7) is 0. The number of carbonyl (C=O) groups is 1. The molecule has 19 heavy (non-hydrogen) atoms. The van der Waals surface area contributed by atoms with Crippen molar-refractivity contribution in [1.82, 2.24) is 4.72 Å². The molecule has 0 unspecified atom stereocenters. The van der Waals surface area contributed by atoms with Crippen LogP contribution < -0.4 is 4.72 Å². The summed E-state index contributed by atoms with van der Waals surface area (Å²) < 4.78 is 27.0. The van der Waals surface area contributed by atoms with Crippen LogP contribution in [0, 0.1) is 11.3 Å². The second kappa shape index (κ2) is 5.51. The molecular weight excluding hydrogens is 264 g/mol. The molecule has 1 aromatic carbocycles. The van der Waals surface area contributed by atoms with Gasteiger partial charge in [0.15, 0.2) is 0 Å². The van der Waals surface area contributed by atoms with E-state index in [2.05, 4.69) is 4.72 Å². The second-order valence-electron chi connectivity index (χ2n) is 4.54. The highest BCUT2D eigenvalue weighted by atomic mass is 32.2. The molecule has 1 aliphatic rings. The maximum Gasteiger partial charge on any atom is 0.242 e. The number of ketones is 1. The molecule has 1 aromatic rings. The van der Waals surface area contributed by atoms with Gasteiger partial charge in [0.05, 0.1) is 10.5 Å². The van der Waals surface area contributed by atoms with Gasteiger partial charge >= 0.3 is 0 Å². The Hall–Kier alpha value is -1.71. The zero-order chi connectivity index (χ0) is 13.9. The van der Waals surface area contributed by atoms with Crippen LogP contribution in [-0.4, -0.2) is 20.2 Å². The number of hydrogen-bond donors (Lipinski definition) is 1. The first-order chi connectivity index (χ1) is 9.03. The summed E-state index contributed by atoms with van der Waals surface area (Å²) >= 11 is 0. The van der Waals surface area contributed by atoms with Gasteiger partial charge in [-0.15, -0.1) is 0 Å². The number of hydrogen-bond acceptors (Lipinski definition) is 4. The molecule has 100 valence electrons. The smallest absolute Gasteiger partial charge is 0.242 e. The summed E-state index contributed by atoms with van der Waals surface area (Å²) in [6, 6.07) is 7.73. The van der Waals surface area contributed by atoms with Gasteiger partial charge in [0.2, 0.25) is 10.0 Å². The van der Waals surface area contributed by atoms with E-state index in [1.807, 2.05) is 6.07 Å². The molecule has 0 bridgehead atoms. The lowest BCUT2D eigenvalue weighted by atomic mass is 9.95. The quantitative estimate of drug-likeness (QED) is 0.904. The predicted octanol–water partition coefficient (Wildman–Crippen LogP) is 1.35. The number of Topliss-reactive ketones (excluding diaryl/α,β-unsaturated/α-hetero) is 1. The Kier molecular flexibility index (Phi) is 3.98. The molecule has 1 fully saturated rings. The van der Waals surface area contributed by atoms with Gasteiger partial charge in [0.1, 0.15) is 11.9 Å². The maximum atomic E-state index is 12.2. The average molecular weight is 278 g/mol. The van der Waals surface area contributed by atoms with Crippen molar-refractivity contribution < 1.29 is 13.2 Å². The third kappa shape index (κ3) is 3.19. The van der Waals surface area contributed by atoms with Gasteiger partial charge in [-0.25, -0.2) is 13.1 Å². The van der Waals surface area contributed by atoms with Gasteiger partial charge in [-0.05, 0) is 25.0 Å². The van der Waals surface area contributed by atoms with Crippen molar-refractivity contribution in [2.24, 2.45) is 0 Å². The van der Waals surface area contributed by atoms with Crippen LogP contribution in [0.5, 0.6) is 0 Å². The molecule has 1 saturated carbocycles. The van der Waals surface area contributed by atoms with Crippen LogP contribution in [0.2, 0.25) is 0 Å². The minimum atomic E-state index is -3.70. The Morgan fingerprint density at radius 1 is 1.21 bits per heavy atom. The largest absolute Gasteiger partial charge is 0.300 e. The van der Waals surface area contributed by atoms with Crippen molar-refractivity contribution in [3.8, 4) is 6.07 Å². The highest BCUT2D eigenvalue weighted by molar-refractivity contribution is 7.89. The van der Waals surface area contributed by atoms with Crippen molar-refractivity contribution in [2.45, 2.75) is 36.6 Å². The summed E-state index contributed by atoms with van der Waals surface area (Å²) in [4.78, 5) is 11.1. The SMILES string of the molecule is N#Cc1ccccc1S(=O)(=O)NC1CCC(=O)CC1. The van der Waals surface area contributed by atoms with Gasteiger partial charge in [0.25, 0.3) is 0 Å². The van der Waals surface area contributed by atoms with E-state index in [1.54, 1.807) is 12.1 Å². The molecule has 0 radical (unpaired) electrons. The Morgan fingerprint density at radius 3 is 2.47 bits per heavy atom. The molecule has 5 nitrogen and oxygen atoms in total. The average Bonchev–Trinajstić information content (AvgIpc) is 2.41. The van der Waals surface area contributed by atoms with Crippen LogP contribution in [0.25, 0.3) is 0 Å². The number of sulfonamides is 1. The Bertz CT molecular complexity index is 622.